The van der Waals surface area contributed by atoms with Crippen LogP contribution in [0.3, 0.4) is 0 Å². The molecule has 1 N–H and O–H groups in total. The van der Waals surface area contributed by atoms with Crippen molar-refractivity contribution >= 4 is 29.3 Å². The predicted octanol–water partition coefficient (Wildman–Crippen LogP) is 6.47. The second-order valence-corrected chi connectivity index (χ2v) is 7.82. The van der Waals surface area contributed by atoms with Crippen molar-refractivity contribution in [2.45, 2.75) is 20.8 Å². The molecule has 3 aromatic carbocycles. The number of halogens is 1. The predicted molar refractivity (Wildman–Crippen MR) is 134 cm³/mol. The maximum atomic E-state index is 12.4. The molecular formula is C27H28ClNO4. The van der Waals surface area contributed by atoms with Crippen LogP contribution in [0, 0.1) is 13.8 Å². The van der Waals surface area contributed by atoms with Gasteiger partial charge in [0.15, 0.2) is 11.5 Å². The maximum Gasteiger partial charge on any atom is 0.248 e. The van der Waals surface area contributed by atoms with Gasteiger partial charge in [-0.1, -0.05) is 41.9 Å². The molecule has 0 saturated heterocycles. The van der Waals surface area contributed by atoms with E-state index in [1.807, 2.05) is 81.4 Å². The summed E-state index contributed by atoms with van der Waals surface area (Å²) in [6, 6.07) is 18.9. The largest absolute Gasteiger partial charge is 0.490 e. The van der Waals surface area contributed by atoms with E-state index in [2.05, 4.69) is 5.32 Å². The molecule has 1 amide bonds. The molecule has 6 heteroatoms. The van der Waals surface area contributed by atoms with E-state index in [4.69, 9.17) is 25.8 Å². The van der Waals surface area contributed by atoms with Crippen molar-refractivity contribution in [3.05, 3.63) is 88.5 Å². The SMILES string of the molecule is CCOc1cc(/C=C/C(=O)Nc2c(C)cc(C)cc2Cl)ccc1OCCOc1ccccc1. The van der Waals surface area contributed by atoms with Crippen LogP contribution in [0.4, 0.5) is 5.69 Å². The second kappa shape index (κ2) is 12.0. The molecule has 0 aliphatic heterocycles. The van der Waals surface area contributed by atoms with Crippen LogP contribution in [-0.2, 0) is 4.79 Å². The van der Waals surface area contributed by atoms with Gasteiger partial charge in [0.25, 0.3) is 0 Å². The third-order valence-corrected chi connectivity index (χ3v) is 5.03. The van der Waals surface area contributed by atoms with Crippen molar-refractivity contribution in [2.24, 2.45) is 0 Å². The Balaban J connectivity index is 1.60. The number of ether oxygens (including phenoxy) is 3. The topological polar surface area (TPSA) is 56.8 Å². The standard InChI is InChI=1S/C27H28ClNO4/c1-4-31-25-18-21(10-12-24(25)33-15-14-32-22-8-6-5-7-9-22)11-13-26(30)29-27-20(3)16-19(2)17-23(27)28/h5-13,16-18H,4,14-15H2,1-3H3,(H,29,30)/b13-11+. The monoisotopic (exact) mass is 465 g/mol. The van der Waals surface area contributed by atoms with E-state index in [0.29, 0.717) is 42.0 Å². The summed E-state index contributed by atoms with van der Waals surface area (Å²) in [4.78, 5) is 12.4. The van der Waals surface area contributed by atoms with Gasteiger partial charge in [0, 0.05) is 6.08 Å². The molecule has 0 aromatic heterocycles. The zero-order chi connectivity index (χ0) is 23.6. The van der Waals surface area contributed by atoms with Gasteiger partial charge < -0.3 is 19.5 Å². The third-order valence-electron chi connectivity index (χ3n) is 4.73. The maximum absolute atomic E-state index is 12.4. The van der Waals surface area contributed by atoms with Crippen molar-refractivity contribution in [1.29, 1.82) is 0 Å². The van der Waals surface area contributed by atoms with E-state index in [0.717, 1.165) is 22.4 Å². The normalized spacial score (nSPS) is 10.8. The van der Waals surface area contributed by atoms with E-state index in [1.165, 1.54) is 6.08 Å². The highest BCUT2D eigenvalue weighted by Gasteiger charge is 2.09. The van der Waals surface area contributed by atoms with Crippen LogP contribution in [0.1, 0.15) is 23.6 Å². The van der Waals surface area contributed by atoms with Crippen molar-refractivity contribution in [3.8, 4) is 17.2 Å². The number of carbonyl (C=O) groups excluding carboxylic acids is 1. The summed E-state index contributed by atoms with van der Waals surface area (Å²) in [6.07, 6.45) is 3.19. The molecule has 0 unspecified atom stereocenters. The van der Waals surface area contributed by atoms with Crippen LogP contribution < -0.4 is 19.5 Å². The minimum atomic E-state index is -0.264. The van der Waals surface area contributed by atoms with Crippen LogP contribution in [0.2, 0.25) is 5.02 Å². The van der Waals surface area contributed by atoms with Crippen molar-refractivity contribution in [2.75, 3.05) is 25.1 Å². The number of anilines is 1. The highest BCUT2D eigenvalue weighted by molar-refractivity contribution is 6.34. The molecule has 3 rings (SSSR count). The zero-order valence-corrected chi connectivity index (χ0v) is 19.8. The van der Waals surface area contributed by atoms with E-state index in [9.17, 15) is 4.79 Å². The number of benzene rings is 3. The Hall–Kier alpha value is -3.44. The van der Waals surface area contributed by atoms with Crippen molar-refractivity contribution < 1.29 is 19.0 Å². The first-order chi connectivity index (χ1) is 16.0. The summed E-state index contributed by atoms with van der Waals surface area (Å²) in [5.74, 6) is 1.77. The molecule has 33 heavy (non-hydrogen) atoms. The molecule has 0 aliphatic rings. The first-order valence-corrected chi connectivity index (χ1v) is 11.2. The van der Waals surface area contributed by atoms with Gasteiger partial charge in [-0.2, -0.15) is 0 Å². The average Bonchev–Trinajstić information content (AvgIpc) is 2.79. The number of aryl methyl sites for hydroxylation is 2. The molecule has 0 bridgehead atoms. The molecule has 0 atom stereocenters. The number of hydrogen-bond donors (Lipinski definition) is 1. The molecule has 0 fully saturated rings. The molecule has 0 radical (unpaired) electrons. The molecule has 0 aliphatic carbocycles. The van der Waals surface area contributed by atoms with Crippen LogP contribution >= 0.6 is 11.6 Å². The van der Waals surface area contributed by atoms with Gasteiger partial charge >= 0.3 is 0 Å². The van der Waals surface area contributed by atoms with Crippen LogP contribution in [0.15, 0.2) is 66.7 Å². The van der Waals surface area contributed by atoms with E-state index < -0.39 is 0 Å². The molecule has 0 spiro atoms. The van der Waals surface area contributed by atoms with Gasteiger partial charge in [-0.15, -0.1) is 0 Å². The van der Waals surface area contributed by atoms with Gasteiger partial charge in [0.05, 0.1) is 17.3 Å². The fourth-order valence-electron chi connectivity index (χ4n) is 3.25. The molecule has 3 aromatic rings. The molecule has 0 saturated carbocycles. The Kier molecular flexibility index (Phi) is 8.79. The lowest BCUT2D eigenvalue weighted by molar-refractivity contribution is -0.111. The van der Waals surface area contributed by atoms with E-state index in [-0.39, 0.29) is 5.91 Å². The molecule has 0 heterocycles. The summed E-state index contributed by atoms with van der Waals surface area (Å²) in [7, 11) is 0. The van der Waals surface area contributed by atoms with Gasteiger partial charge in [0.1, 0.15) is 19.0 Å². The first-order valence-electron chi connectivity index (χ1n) is 10.8. The minimum absolute atomic E-state index is 0.264. The van der Waals surface area contributed by atoms with Crippen LogP contribution in [0.25, 0.3) is 6.08 Å². The number of para-hydroxylation sites is 1. The Morgan fingerprint density at radius 2 is 1.70 bits per heavy atom. The van der Waals surface area contributed by atoms with Crippen LogP contribution in [0.5, 0.6) is 17.2 Å². The van der Waals surface area contributed by atoms with E-state index >= 15 is 0 Å². The van der Waals surface area contributed by atoms with E-state index in [1.54, 1.807) is 6.08 Å². The molecule has 172 valence electrons. The lowest BCUT2D eigenvalue weighted by Gasteiger charge is -2.13. The summed E-state index contributed by atoms with van der Waals surface area (Å²) >= 11 is 6.28. The Morgan fingerprint density at radius 3 is 2.42 bits per heavy atom. The molecule has 5 nitrogen and oxygen atoms in total. The lowest BCUT2D eigenvalue weighted by atomic mass is 10.1. The number of amides is 1. The fraction of sp³-hybridized carbons (Fsp3) is 0.222. The molecular weight excluding hydrogens is 438 g/mol. The van der Waals surface area contributed by atoms with Gasteiger partial charge in [0.2, 0.25) is 5.91 Å². The van der Waals surface area contributed by atoms with Crippen LogP contribution in [-0.4, -0.2) is 25.7 Å². The Labute approximate surface area is 199 Å². The number of rotatable bonds is 10. The minimum Gasteiger partial charge on any atom is -0.490 e. The van der Waals surface area contributed by atoms with Crippen molar-refractivity contribution in [1.82, 2.24) is 0 Å². The summed E-state index contributed by atoms with van der Waals surface area (Å²) in [5.41, 5.74) is 3.39. The summed E-state index contributed by atoms with van der Waals surface area (Å²) in [6.45, 7) is 7.07. The highest BCUT2D eigenvalue weighted by atomic mass is 35.5. The quantitative estimate of drug-likeness (QED) is 0.275. The summed E-state index contributed by atoms with van der Waals surface area (Å²) in [5, 5.41) is 3.37. The number of carbonyl (C=O) groups is 1. The van der Waals surface area contributed by atoms with Gasteiger partial charge in [-0.05, 0) is 73.9 Å². The van der Waals surface area contributed by atoms with Crippen molar-refractivity contribution in [3.63, 3.8) is 0 Å². The average molecular weight is 466 g/mol. The summed E-state index contributed by atoms with van der Waals surface area (Å²) < 4.78 is 17.2. The third kappa shape index (κ3) is 7.29. The zero-order valence-electron chi connectivity index (χ0n) is 19.1. The Morgan fingerprint density at radius 1 is 0.939 bits per heavy atom. The smallest absolute Gasteiger partial charge is 0.248 e. The number of hydrogen-bond acceptors (Lipinski definition) is 4. The van der Waals surface area contributed by atoms with Gasteiger partial charge in [-0.25, -0.2) is 0 Å². The second-order valence-electron chi connectivity index (χ2n) is 7.41. The number of nitrogens with one attached hydrogen (secondary N) is 1. The first kappa shape index (κ1) is 24.2. The Bertz CT molecular complexity index is 1090. The fourth-order valence-corrected chi connectivity index (χ4v) is 3.62. The van der Waals surface area contributed by atoms with Gasteiger partial charge in [-0.3, -0.25) is 4.79 Å². The lowest BCUT2D eigenvalue weighted by Crippen LogP contribution is -2.10. The highest BCUT2D eigenvalue weighted by Crippen LogP contribution is 2.30.